The maximum atomic E-state index is 5.33. The molecule has 2 fully saturated rings. The lowest BCUT2D eigenvalue weighted by molar-refractivity contribution is 0.0696. The van der Waals surface area contributed by atoms with Crippen molar-refractivity contribution >= 4 is 0 Å². The van der Waals surface area contributed by atoms with Crippen LogP contribution < -0.4 is 5.32 Å². The van der Waals surface area contributed by atoms with Gasteiger partial charge >= 0.3 is 0 Å². The maximum absolute atomic E-state index is 5.33. The molecule has 0 aromatic heterocycles. The molecular formula is C18H36N2O. The molecule has 124 valence electrons. The number of ether oxygens (including phenoxy) is 1. The Labute approximate surface area is 131 Å². The lowest BCUT2D eigenvalue weighted by Gasteiger charge is -2.43. The molecule has 0 heterocycles. The van der Waals surface area contributed by atoms with E-state index in [2.05, 4.69) is 31.0 Å². The first-order valence-corrected chi connectivity index (χ1v) is 8.92. The van der Waals surface area contributed by atoms with Crippen LogP contribution in [0.4, 0.5) is 0 Å². The van der Waals surface area contributed by atoms with Crippen LogP contribution >= 0.6 is 0 Å². The highest BCUT2D eigenvalue weighted by Gasteiger charge is 2.38. The molecule has 2 saturated carbocycles. The van der Waals surface area contributed by atoms with E-state index in [-0.39, 0.29) is 5.54 Å². The summed E-state index contributed by atoms with van der Waals surface area (Å²) < 4.78 is 5.33. The Hall–Kier alpha value is -0.120. The first-order chi connectivity index (χ1) is 9.94. The third-order valence-corrected chi connectivity index (χ3v) is 5.09. The van der Waals surface area contributed by atoms with E-state index < -0.39 is 0 Å². The molecule has 0 aromatic rings. The molecule has 0 spiro atoms. The first-order valence-electron chi connectivity index (χ1n) is 8.92. The summed E-state index contributed by atoms with van der Waals surface area (Å²) in [6.07, 6.45) is 9.83. The molecule has 0 radical (unpaired) electrons. The second-order valence-electron chi connectivity index (χ2n) is 8.36. The predicted molar refractivity (Wildman–Crippen MR) is 89.7 cm³/mol. The molecule has 0 atom stereocenters. The van der Waals surface area contributed by atoms with Crippen LogP contribution in [0.15, 0.2) is 0 Å². The van der Waals surface area contributed by atoms with Crippen LogP contribution in [0, 0.1) is 5.41 Å². The van der Waals surface area contributed by atoms with Crippen molar-refractivity contribution in [3.63, 3.8) is 0 Å². The minimum absolute atomic E-state index is 0.224. The quantitative estimate of drug-likeness (QED) is 0.742. The van der Waals surface area contributed by atoms with Crippen LogP contribution in [0.2, 0.25) is 0 Å². The smallest absolute Gasteiger partial charge is 0.0589 e. The summed E-state index contributed by atoms with van der Waals surface area (Å²) in [5.74, 6) is 0. The van der Waals surface area contributed by atoms with Crippen LogP contribution in [0.3, 0.4) is 0 Å². The van der Waals surface area contributed by atoms with Crippen molar-refractivity contribution < 1.29 is 4.74 Å². The molecule has 2 aliphatic carbocycles. The lowest BCUT2D eigenvalue weighted by Crippen LogP contribution is -2.50. The molecule has 0 unspecified atom stereocenters. The summed E-state index contributed by atoms with van der Waals surface area (Å²) >= 11 is 0. The maximum Gasteiger partial charge on any atom is 0.0589 e. The molecule has 3 nitrogen and oxygen atoms in total. The van der Waals surface area contributed by atoms with Crippen molar-refractivity contribution in [2.75, 3.05) is 33.4 Å². The van der Waals surface area contributed by atoms with Gasteiger partial charge < -0.3 is 10.1 Å². The summed E-state index contributed by atoms with van der Waals surface area (Å²) in [4.78, 5) is 2.72. The van der Waals surface area contributed by atoms with E-state index in [1.54, 1.807) is 0 Å². The van der Waals surface area contributed by atoms with Crippen LogP contribution in [0.25, 0.3) is 0 Å². The largest absolute Gasteiger partial charge is 0.383 e. The Morgan fingerprint density at radius 2 is 1.81 bits per heavy atom. The van der Waals surface area contributed by atoms with Crippen molar-refractivity contribution in [1.29, 1.82) is 0 Å². The van der Waals surface area contributed by atoms with Crippen LogP contribution in [0.5, 0.6) is 0 Å². The average Bonchev–Trinajstić information content (AvgIpc) is 3.26. The fraction of sp³-hybridized carbons (Fsp3) is 1.00. The molecular weight excluding hydrogens is 260 g/mol. The monoisotopic (exact) mass is 296 g/mol. The van der Waals surface area contributed by atoms with Gasteiger partial charge in [-0.25, -0.2) is 0 Å². The normalized spacial score (nSPS) is 22.7. The minimum atomic E-state index is 0.224. The Morgan fingerprint density at radius 1 is 1.14 bits per heavy atom. The van der Waals surface area contributed by atoms with Crippen molar-refractivity contribution in [2.45, 2.75) is 77.3 Å². The van der Waals surface area contributed by atoms with Crippen molar-refractivity contribution in [3.8, 4) is 0 Å². The zero-order chi connectivity index (χ0) is 15.3. The van der Waals surface area contributed by atoms with Crippen LogP contribution in [0.1, 0.15) is 65.7 Å². The van der Waals surface area contributed by atoms with Gasteiger partial charge in [0.15, 0.2) is 0 Å². The van der Waals surface area contributed by atoms with E-state index in [1.165, 1.54) is 58.0 Å². The SMILES string of the molecule is COCCN(CC1(CNC(C)(C)C)CCCCC1)C1CC1. The number of rotatable bonds is 8. The molecule has 3 heteroatoms. The van der Waals surface area contributed by atoms with Crippen molar-refractivity contribution in [1.82, 2.24) is 10.2 Å². The number of nitrogens with zero attached hydrogens (tertiary/aromatic N) is 1. The topological polar surface area (TPSA) is 24.5 Å². The summed E-state index contributed by atoms with van der Waals surface area (Å²) in [6.45, 7) is 11.3. The Kier molecular flexibility index (Phi) is 6.10. The zero-order valence-electron chi connectivity index (χ0n) is 14.7. The van der Waals surface area contributed by atoms with Gasteiger partial charge in [-0.3, -0.25) is 4.90 Å². The van der Waals surface area contributed by atoms with Crippen LogP contribution in [-0.2, 0) is 4.74 Å². The average molecular weight is 296 g/mol. The third kappa shape index (κ3) is 5.88. The highest BCUT2D eigenvalue weighted by molar-refractivity contribution is 4.94. The highest BCUT2D eigenvalue weighted by atomic mass is 16.5. The van der Waals surface area contributed by atoms with Crippen molar-refractivity contribution in [3.05, 3.63) is 0 Å². The fourth-order valence-electron chi connectivity index (χ4n) is 3.62. The van der Waals surface area contributed by atoms with E-state index in [0.29, 0.717) is 5.41 Å². The van der Waals surface area contributed by atoms with Gasteiger partial charge in [0.1, 0.15) is 0 Å². The molecule has 21 heavy (non-hydrogen) atoms. The van der Waals surface area contributed by atoms with Gasteiger partial charge in [-0.1, -0.05) is 19.3 Å². The van der Waals surface area contributed by atoms with Gasteiger partial charge in [0.25, 0.3) is 0 Å². The molecule has 1 N–H and O–H groups in total. The second-order valence-corrected chi connectivity index (χ2v) is 8.36. The molecule has 2 aliphatic rings. The van der Waals surface area contributed by atoms with Crippen molar-refractivity contribution in [2.24, 2.45) is 5.41 Å². The van der Waals surface area contributed by atoms with Gasteiger partial charge in [0.2, 0.25) is 0 Å². The zero-order valence-corrected chi connectivity index (χ0v) is 14.7. The van der Waals surface area contributed by atoms with E-state index in [9.17, 15) is 0 Å². The summed E-state index contributed by atoms with van der Waals surface area (Å²) in [5, 5.41) is 3.80. The fourth-order valence-corrected chi connectivity index (χ4v) is 3.62. The summed E-state index contributed by atoms with van der Waals surface area (Å²) in [6, 6.07) is 0.841. The lowest BCUT2D eigenvalue weighted by atomic mass is 9.73. The van der Waals surface area contributed by atoms with Gasteiger partial charge in [-0.05, 0) is 51.9 Å². The van der Waals surface area contributed by atoms with E-state index in [1.807, 2.05) is 7.11 Å². The first kappa shape index (κ1) is 17.2. The highest BCUT2D eigenvalue weighted by Crippen LogP contribution is 2.39. The summed E-state index contributed by atoms with van der Waals surface area (Å²) in [5.41, 5.74) is 0.712. The number of hydrogen-bond acceptors (Lipinski definition) is 3. The summed E-state index contributed by atoms with van der Waals surface area (Å²) in [7, 11) is 1.82. The molecule has 0 aliphatic heterocycles. The predicted octanol–water partition coefficient (Wildman–Crippen LogP) is 3.44. The number of methoxy groups -OCH3 is 1. The number of nitrogens with one attached hydrogen (secondary N) is 1. The number of hydrogen-bond donors (Lipinski definition) is 1. The molecule has 2 rings (SSSR count). The van der Waals surface area contributed by atoms with Gasteiger partial charge in [0, 0.05) is 38.3 Å². The third-order valence-electron chi connectivity index (χ3n) is 5.09. The Balaban J connectivity index is 1.96. The van der Waals surface area contributed by atoms with Crippen LogP contribution in [-0.4, -0.2) is 49.8 Å². The molecule has 0 bridgehead atoms. The molecule has 0 aromatic carbocycles. The van der Waals surface area contributed by atoms with E-state index in [4.69, 9.17) is 4.74 Å². The van der Waals surface area contributed by atoms with Gasteiger partial charge in [-0.15, -0.1) is 0 Å². The van der Waals surface area contributed by atoms with Gasteiger partial charge in [-0.2, -0.15) is 0 Å². The molecule has 0 saturated heterocycles. The van der Waals surface area contributed by atoms with E-state index >= 15 is 0 Å². The minimum Gasteiger partial charge on any atom is -0.383 e. The Bertz CT molecular complexity index is 301. The Morgan fingerprint density at radius 3 is 2.33 bits per heavy atom. The molecule has 0 amide bonds. The second kappa shape index (κ2) is 7.43. The van der Waals surface area contributed by atoms with E-state index in [0.717, 1.165) is 19.2 Å². The standard InChI is InChI=1S/C18H36N2O/c1-17(2,3)19-14-18(10-6-5-7-11-18)15-20(12-13-21-4)16-8-9-16/h16,19H,5-15H2,1-4H3. The van der Waals surface area contributed by atoms with Gasteiger partial charge in [0.05, 0.1) is 6.61 Å².